The number of aryl methyl sites for hydroxylation is 1. The van der Waals surface area contributed by atoms with Gasteiger partial charge in [0.15, 0.2) is 0 Å². The van der Waals surface area contributed by atoms with Crippen molar-refractivity contribution in [2.45, 2.75) is 26.0 Å². The van der Waals surface area contributed by atoms with Crippen molar-refractivity contribution >= 4 is 11.6 Å². The topological polar surface area (TPSA) is 47.3 Å². The number of nitrogens with zero attached hydrogens (tertiary/aromatic N) is 2. The third kappa shape index (κ3) is 2.91. The average molecular weight is 281 g/mol. The summed E-state index contributed by atoms with van der Waals surface area (Å²) in [7, 11) is 1.56. The molecule has 1 N–H and O–H groups in total. The van der Waals surface area contributed by atoms with Crippen LogP contribution >= 0.6 is 11.6 Å². The zero-order valence-electron chi connectivity index (χ0n) is 11.0. The van der Waals surface area contributed by atoms with Crippen molar-refractivity contribution < 1.29 is 9.84 Å². The molecule has 0 saturated carbocycles. The maximum Gasteiger partial charge on any atom is 0.126 e. The second-order valence-corrected chi connectivity index (χ2v) is 4.70. The van der Waals surface area contributed by atoms with E-state index in [1.807, 2.05) is 10.9 Å². The van der Waals surface area contributed by atoms with Crippen LogP contribution in [-0.2, 0) is 6.54 Å². The smallest absolute Gasteiger partial charge is 0.126 e. The van der Waals surface area contributed by atoms with E-state index in [1.165, 1.54) is 0 Å². The number of aliphatic hydroxyl groups excluding tert-OH is 1. The van der Waals surface area contributed by atoms with Gasteiger partial charge >= 0.3 is 0 Å². The predicted octanol–water partition coefficient (Wildman–Crippen LogP) is 3.04. The Morgan fingerprint density at radius 2 is 2.26 bits per heavy atom. The lowest BCUT2D eigenvalue weighted by Gasteiger charge is -2.15. The fourth-order valence-electron chi connectivity index (χ4n) is 2.00. The molecule has 1 atom stereocenters. The summed E-state index contributed by atoms with van der Waals surface area (Å²) >= 11 is 6.15. The molecule has 0 aliphatic rings. The van der Waals surface area contributed by atoms with E-state index >= 15 is 0 Å². The van der Waals surface area contributed by atoms with E-state index in [0.717, 1.165) is 13.0 Å². The van der Waals surface area contributed by atoms with E-state index in [2.05, 4.69) is 12.0 Å². The van der Waals surface area contributed by atoms with Crippen LogP contribution in [0.25, 0.3) is 0 Å². The van der Waals surface area contributed by atoms with E-state index in [-0.39, 0.29) is 0 Å². The van der Waals surface area contributed by atoms with Crippen molar-refractivity contribution in [3.05, 3.63) is 46.7 Å². The van der Waals surface area contributed by atoms with Crippen molar-refractivity contribution in [1.29, 1.82) is 0 Å². The zero-order chi connectivity index (χ0) is 13.8. The van der Waals surface area contributed by atoms with Crippen molar-refractivity contribution in [3.8, 4) is 5.75 Å². The first-order valence-corrected chi connectivity index (χ1v) is 6.58. The molecule has 0 bridgehead atoms. The highest BCUT2D eigenvalue weighted by Crippen LogP contribution is 2.35. The maximum absolute atomic E-state index is 10.4. The lowest BCUT2D eigenvalue weighted by Crippen LogP contribution is -2.03. The molecule has 4 nitrogen and oxygen atoms in total. The first kappa shape index (κ1) is 13.9. The van der Waals surface area contributed by atoms with Gasteiger partial charge in [-0.3, -0.25) is 4.68 Å². The van der Waals surface area contributed by atoms with Crippen molar-refractivity contribution in [1.82, 2.24) is 9.78 Å². The number of benzene rings is 1. The third-order valence-corrected chi connectivity index (χ3v) is 3.26. The lowest BCUT2D eigenvalue weighted by molar-refractivity contribution is 0.214. The average Bonchev–Trinajstić information content (AvgIpc) is 2.86. The minimum Gasteiger partial charge on any atom is -0.496 e. The van der Waals surface area contributed by atoms with Gasteiger partial charge in [0, 0.05) is 23.9 Å². The van der Waals surface area contributed by atoms with Crippen LogP contribution < -0.4 is 4.74 Å². The lowest BCUT2D eigenvalue weighted by atomic mass is 10.0. The van der Waals surface area contributed by atoms with Crippen molar-refractivity contribution in [3.63, 3.8) is 0 Å². The molecule has 102 valence electrons. The number of aromatic nitrogens is 2. The summed E-state index contributed by atoms with van der Waals surface area (Å²) in [5.74, 6) is 0.572. The Morgan fingerprint density at radius 1 is 1.47 bits per heavy atom. The molecular weight excluding hydrogens is 264 g/mol. The Morgan fingerprint density at radius 3 is 2.95 bits per heavy atom. The SMILES string of the molecule is CCCn1cc(C(O)c2c(Cl)cccc2OC)cn1. The van der Waals surface area contributed by atoms with Gasteiger partial charge in [0.05, 0.1) is 18.3 Å². The Labute approximate surface area is 117 Å². The second-order valence-electron chi connectivity index (χ2n) is 4.30. The Balaban J connectivity index is 2.35. The van der Waals surface area contributed by atoms with E-state index in [0.29, 0.717) is 21.9 Å². The van der Waals surface area contributed by atoms with Crippen molar-refractivity contribution in [2.24, 2.45) is 0 Å². The summed E-state index contributed by atoms with van der Waals surface area (Å²) in [4.78, 5) is 0. The molecule has 0 spiro atoms. The summed E-state index contributed by atoms with van der Waals surface area (Å²) < 4.78 is 7.06. The van der Waals surface area contributed by atoms with Crippen LogP contribution in [0.15, 0.2) is 30.6 Å². The predicted molar refractivity (Wildman–Crippen MR) is 74.6 cm³/mol. The number of rotatable bonds is 5. The first-order chi connectivity index (χ1) is 9.17. The Hall–Kier alpha value is -1.52. The highest BCUT2D eigenvalue weighted by atomic mass is 35.5. The van der Waals surface area contributed by atoms with E-state index < -0.39 is 6.10 Å². The van der Waals surface area contributed by atoms with Crippen LogP contribution in [0.3, 0.4) is 0 Å². The molecule has 0 fully saturated rings. The van der Waals surface area contributed by atoms with Crippen molar-refractivity contribution in [2.75, 3.05) is 7.11 Å². The number of hydrogen-bond acceptors (Lipinski definition) is 3. The Bertz CT molecular complexity index is 554. The van der Waals surface area contributed by atoms with Crippen LogP contribution in [0.2, 0.25) is 5.02 Å². The molecule has 1 aromatic carbocycles. The fraction of sp³-hybridized carbons (Fsp3) is 0.357. The number of hydrogen-bond donors (Lipinski definition) is 1. The second kappa shape index (κ2) is 6.08. The molecule has 1 aromatic heterocycles. The number of methoxy groups -OCH3 is 1. The normalized spacial score (nSPS) is 12.4. The van der Waals surface area contributed by atoms with Gasteiger partial charge in [-0.1, -0.05) is 24.6 Å². The van der Waals surface area contributed by atoms with Gasteiger partial charge in [0.2, 0.25) is 0 Å². The molecular formula is C14H17ClN2O2. The summed E-state index contributed by atoms with van der Waals surface area (Å²) in [5, 5.41) is 15.1. The van der Waals surface area contributed by atoms with E-state index in [4.69, 9.17) is 16.3 Å². The fourth-order valence-corrected chi connectivity index (χ4v) is 2.27. The summed E-state index contributed by atoms with van der Waals surface area (Å²) in [6.45, 7) is 2.90. The van der Waals surface area contributed by atoms with Crippen LogP contribution in [0.4, 0.5) is 0 Å². The highest BCUT2D eigenvalue weighted by Gasteiger charge is 2.20. The highest BCUT2D eigenvalue weighted by molar-refractivity contribution is 6.31. The molecule has 2 rings (SSSR count). The van der Waals surface area contributed by atoms with Gasteiger partial charge in [-0.2, -0.15) is 5.10 Å². The molecule has 0 radical (unpaired) electrons. The summed E-state index contributed by atoms with van der Waals surface area (Å²) in [5.41, 5.74) is 1.28. The van der Waals surface area contributed by atoms with Gasteiger partial charge in [-0.15, -0.1) is 0 Å². The first-order valence-electron chi connectivity index (χ1n) is 6.20. The zero-order valence-corrected chi connectivity index (χ0v) is 11.8. The molecule has 0 saturated heterocycles. The standard InChI is InChI=1S/C14H17ClN2O2/c1-3-7-17-9-10(8-16-17)14(18)13-11(15)5-4-6-12(13)19-2/h4-6,8-9,14,18H,3,7H2,1-2H3. The number of halogens is 1. The summed E-state index contributed by atoms with van der Waals surface area (Å²) in [6, 6.07) is 5.30. The Kier molecular flexibility index (Phi) is 4.45. The molecule has 0 amide bonds. The quantitative estimate of drug-likeness (QED) is 0.916. The van der Waals surface area contributed by atoms with Gasteiger partial charge in [0.25, 0.3) is 0 Å². The third-order valence-electron chi connectivity index (χ3n) is 2.93. The van der Waals surface area contributed by atoms with E-state index in [1.54, 1.807) is 31.5 Å². The molecule has 19 heavy (non-hydrogen) atoms. The van der Waals surface area contributed by atoms with Crippen LogP contribution in [0.5, 0.6) is 5.75 Å². The number of ether oxygens (including phenoxy) is 1. The molecule has 0 aliphatic heterocycles. The summed E-state index contributed by atoms with van der Waals surface area (Å²) in [6.07, 6.45) is 3.64. The van der Waals surface area contributed by atoms with Crippen LogP contribution in [-0.4, -0.2) is 22.0 Å². The van der Waals surface area contributed by atoms with E-state index in [9.17, 15) is 5.11 Å². The molecule has 0 aliphatic carbocycles. The van der Waals surface area contributed by atoms with Gasteiger partial charge in [-0.25, -0.2) is 0 Å². The monoisotopic (exact) mass is 280 g/mol. The molecule has 1 unspecified atom stereocenters. The van der Waals surface area contributed by atoms with Gasteiger partial charge in [-0.05, 0) is 18.6 Å². The molecule has 2 aromatic rings. The van der Waals surface area contributed by atoms with Crippen LogP contribution in [0, 0.1) is 0 Å². The minimum atomic E-state index is -0.839. The minimum absolute atomic E-state index is 0.482. The molecule has 1 heterocycles. The maximum atomic E-state index is 10.4. The van der Waals surface area contributed by atoms with Gasteiger partial charge in [0.1, 0.15) is 11.9 Å². The molecule has 5 heteroatoms. The number of aliphatic hydroxyl groups is 1. The van der Waals surface area contributed by atoms with Crippen LogP contribution in [0.1, 0.15) is 30.6 Å². The largest absolute Gasteiger partial charge is 0.496 e. The van der Waals surface area contributed by atoms with Gasteiger partial charge < -0.3 is 9.84 Å².